The first kappa shape index (κ1) is 13.0. The van der Waals surface area contributed by atoms with E-state index in [1.54, 1.807) is 24.3 Å². The highest BCUT2D eigenvalue weighted by Gasteiger charge is 1.98. The van der Waals surface area contributed by atoms with Crippen LogP contribution < -0.4 is 5.63 Å². The van der Waals surface area contributed by atoms with Gasteiger partial charge < -0.3 is 14.6 Å². The second-order valence-corrected chi connectivity index (χ2v) is 4.66. The zero-order chi connectivity index (χ0) is 14.8. The van der Waals surface area contributed by atoms with Crippen molar-refractivity contribution in [1.82, 2.24) is 0 Å². The smallest absolute Gasteiger partial charge is 0.339 e. The molecule has 4 nitrogen and oxygen atoms in total. The first-order chi connectivity index (χ1) is 10.1. The Labute approximate surface area is 120 Å². The summed E-state index contributed by atoms with van der Waals surface area (Å²) in [6, 6.07) is 13.3. The predicted molar refractivity (Wildman–Crippen MR) is 81.2 cm³/mol. The number of phenols is 1. The summed E-state index contributed by atoms with van der Waals surface area (Å²) in [6.45, 7) is 0. The molecule has 0 radical (unpaired) electrons. The van der Waals surface area contributed by atoms with Crippen LogP contribution in [0.2, 0.25) is 0 Å². The highest BCUT2D eigenvalue weighted by molar-refractivity contribution is 5.86. The zero-order valence-corrected chi connectivity index (χ0v) is 11.0. The van der Waals surface area contributed by atoms with Crippen molar-refractivity contribution in [3.8, 4) is 11.5 Å². The van der Waals surface area contributed by atoms with E-state index in [9.17, 15) is 15.0 Å². The third kappa shape index (κ3) is 2.95. The molecule has 0 amide bonds. The molecule has 2 aromatic carbocycles. The molecule has 3 aromatic rings. The van der Waals surface area contributed by atoms with Crippen LogP contribution in [0.25, 0.3) is 22.9 Å². The van der Waals surface area contributed by atoms with E-state index < -0.39 is 5.63 Å². The van der Waals surface area contributed by atoms with Gasteiger partial charge in [-0.2, -0.15) is 0 Å². The molecule has 3 rings (SSSR count). The molecule has 0 saturated heterocycles. The fourth-order valence-corrected chi connectivity index (χ4v) is 2.10. The molecular formula is C17H12O4. The molecule has 0 saturated carbocycles. The molecule has 0 aliphatic rings. The van der Waals surface area contributed by atoms with Gasteiger partial charge in [-0.25, -0.2) is 4.79 Å². The lowest BCUT2D eigenvalue weighted by Gasteiger charge is -2.00. The van der Waals surface area contributed by atoms with Crippen molar-refractivity contribution in [3.05, 3.63) is 70.3 Å². The molecule has 0 aliphatic heterocycles. The van der Waals surface area contributed by atoms with Gasteiger partial charge in [0.05, 0.1) is 6.07 Å². The molecule has 2 N–H and O–H groups in total. The molecule has 0 bridgehead atoms. The monoisotopic (exact) mass is 280 g/mol. The van der Waals surface area contributed by atoms with Gasteiger partial charge in [0.1, 0.15) is 17.3 Å². The summed E-state index contributed by atoms with van der Waals surface area (Å²) in [4.78, 5) is 11.1. The Hall–Kier alpha value is -3.01. The Kier molecular flexibility index (Phi) is 3.20. The van der Waals surface area contributed by atoms with Gasteiger partial charge >= 0.3 is 5.63 Å². The molecular weight excluding hydrogens is 268 g/mol. The SMILES string of the molecule is O=c1cc(O)cc(C=Cc2ccc3cc(O)ccc3c2)o1. The molecule has 1 aromatic heterocycles. The lowest BCUT2D eigenvalue weighted by atomic mass is 10.1. The van der Waals surface area contributed by atoms with E-state index in [4.69, 9.17) is 4.42 Å². The Balaban J connectivity index is 1.95. The molecule has 0 atom stereocenters. The van der Waals surface area contributed by atoms with E-state index in [2.05, 4.69) is 0 Å². The number of benzene rings is 2. The number of aromatic hydroxyl groups is 2. The molecule has 0 aliphatic carbocycles. The first-order valence-corrected chi connectivity index (χ1v) is 6.35. The quantitative estimate of drug-likeness (QED) is 0.755. The fourth-order valence-electron chi connectivity index (χ4n) is 2.10. The van der Waals surface area contributed by atoms with E-state index in [0.29, 0.717) is 0 Å². The van der Waals surface area contributed by atoms with Crippen molar-refractivity contribution < 1.29 is 14.6 Å². The van der Waals surface area contributed by atoms with Crippen LogP contribution in [-0.4, -0.2) is 10.2 Å². The number of hydrogen-bond acceptors (Lipinski definition) is 4. The van der Waals surface area contributed by atoms with Gasteiger partial charge in [0.25, 0.3) is 0 Å². The summed E-state index contributed by atoms with van der Waals surface area (Å²) >= 11 is 0. The lowest BCUT2D eigenvalue weighted by Crippen LogP contribution is -1.95. The third-order valence-corrected chi connectivity index (χ3v) is 3.06. The molecule has 0 unspecified atom stereocenters. The van der Waals surface area contributed by atoms with Crippen molar-refractivity contribution in [3.63, 3.8) is 0 Å². The van der Waals surface area contributed by atoms with Gasteiger partial charge in [-0.05, 0) is 40.6 Å². The summed E-state index contributed by atoms with van der Waals surface area (Å²) in [5.74, 6) is 0.387. The topological polar surface area (TPSA) is 70.7 Å². The van der Waals surface area contributed by atoms with Crippen molar-refractivity contribution in [2.24, 2.45) is 0 Å². The van der Waals surface area contributed by atoms with Crippen LogP contribution in [0.1, 0.15) is 11.3 Å². The van der Waals surface area contributed by atoms with Gasteiger partial charge in [-0.1, -0.05) is 24.3 Å². The molecule has 0 spiro atoms. The summed E-state index contributed by atoms with van der Waals surface area (Å²) in [7, 11) is 0. The van der Waals surface area contributed by atoms with Crippen molar-refractivity contribution in [2.45, 2.75) is 0 Å². The zero-order valence-electron chi connectivity index (χ0n) is 11.0. The van der Waals surface area contributed by atoms with Gasteiger partial charge in [0.2, 0.25) is 0 Å². The Morgan fingerprint density at radius 2 is 1.57 bits per heavy atom. The summed E-state index contributed by atoms with van der Waals surface area (Å²) < 4.78 is 4.95. The molecule has 21 heavy (non-hydrogen) atoms. The third-order valence-electron chi connectivity index (χ3n) is 3.06. The minimum absolute atomic E-state index is 0.125. The average Bonchev–Trinajstić information content (AvgIpc) is 2.44. The highest BCUT2D eigenvalue weighted by Crippen LogP contribution is 2.22. The highest BCUT2D eigenvalue weighted by atomic mass is 16.4. The fraction of sp³-hybridized carbons (Fsp3) is 0. The predicted octanol–water partition coefficient (Wildman–Crippen LogP) is 3.37. The molecule has 104 valence electrons. The minimum atomic E-state index is -0.594. The van der Waals surface area contributed by atoms with Gasteiger partial charge in [-0.3, -0.25) is 0 Å². The number of phenolic OH excluding ortho intramolecular Hbond substituents is 1. The minimum Gasteiger partial charge on any atom is -0.508 e. The number of rotatable bonds is 2. The second kappa shape index (κ2) is 5.17. The number of hydrogen-bond donors (Lipinski definition) is 2. The van der Waals surface area contributed by atoms with Crippen LogP contribution in [0, 0.1) is 0 Å². The van der Waals surface area contributed by atoms with Crippen molar-refractivity contribution in [2.75, 3.05) is 0 Å². The van der Waals surface area contributed by atoms with Crippen LogP contribution in [0.15, 0.2) is 57.7 Å². The maximum atomic E-state index is 11.1. The van der Waals surface area contributed by atoms with Crippen LogP contribution in [0.5, 0.6) is 11.5 Å². The maximum absolute atomic E-state index is 11.1. The Morgan fingerprint density at radius 1 is 0.810 bits per heavy atom. The van der Waals surface area contributed by atoms with Crippen LogP contribution in [-0.2, 0) is 0 Å². The largest absolute Gasteiger partial charge is 0.508 e. The molecule has 0 fully saturated rings. The van der Waals surface area contributed by atoms with Crippen LogP contribution in [0.3, 0.4) is 0 Å². The standard InChI is InChI=1S/C17H12O4/c18-14-5-4-12-7-11(1-3-13(12)8-14)2-6-16-9-15(19)10-17(20)21-16/h1-10,18-19H. The summed E-state index contributed by atoms with van der Waals surface area (Å²) in [5, 5.41) is 20.7. The first-order valence-electron chi connectivity index (χ1n) is 6.35. The van der Waals surface area contributed by atoms with Gasteiger partial charge in [0, 0.05) is 6.07 Å². The van der Waals surface area contributed by atoms with E-state index in [-0.39, 0.29) is 17.3 Å². The van der Waals surface area contributed by atoms with Crippen molar-refractivity contribution in [1.29, 1.82) is 0 Å². The van der Waals surface area contributed by atoms with E-state index in [1.165, 1.54) is 6.07 Å². The second-order valence-electron chi connectivity index (χ2n) is 4.66. The normalized spacial score (nSPS) is 11.2. The maximum Gasteiger partial charge on any atom is 0.339 e. The van der Waals surface area contributed by atoms with E-state index in [0.717, 1.165) is 22.4 Å². The average molecular weight is 280 g/mol. The van der Waals surface area contributed by atoms with E-state index in [1.807, 2.05) is 24.3 Å². The number of fused-ring (bicyclic) bond motifs is 1. The van der Waals surface area contributed by atoms with Gasteiger partial charge in [0.15, 0.2) is 0 Å². The molecule has 4 heteroatoms. The van der Waals surface area contributed by atoms with Crippen LogP contribution in [0.4, 0.5) is 0 Å². The summed E-state index contributed by atoms with van der Waals surface area (Å²) in [5.41, 5.74) is 0.322. The van der Waals surface area contributed by atoms with Gasteiger partial charge in [-0.15, -0.1) is 0 Å². The Morgan fingerprint density at radius 3 is 2.38 bits per heavy atom. The van der Waals surface area contributed by atoms with Crippen molar-refractivity contribution >= 4 is 22.9 Å². The molecule has 1 heterocycles. The lowest BCUT2D eigenvalue weighted by molar-refractivity contribution is 0.444. The Bertz CT molecular complexity index is 891. The van der Waals surface area contributed by atoms with E-state index >= 15 is 0 Å². The summed E-state index contributed by atoms with van der Waals surface area (Å²) in [6.07, 6.45) is 3.40. The van der Waals surface area contributed by atoms with Crippen LogP contribution >= 0.6 is 0 Å².